The summed E-state index contributed by atoms with van der Waals surface area (Å²) >= 11 is 11.9. The van der Waals surface area contributed by atoms with E-state index in [1.54, 1.807) is 0 Å². The lowest BCUT2D eigenvalue weighted by Crippen LogP contribution is -2.17. The van der Waals surface area contributed by atoms with Gasteiger partial charge in [0.1, 0.15) is 12.1 Å². The van der Waals surface area contributed by atoms with Crippen molar-refractivity contribution < 1.29 is 17.9 Å². The molecule has 1 aliphatic carbocycles. The molecule has 0 aliphatic heterocycles. The van der Waals surface area contributed by atoms with Crippen molar-refractivity contribution in [3.05, 3.63) is 95.3 Å². The molecule has 1 fully saturated rings. The zero-order valence-electron chi connectivity index (χ0n) is 19.0. The molecule has 184 valence electrons. The van der Waals surface area contributed by atoms with E-state index in [1.165, 1.54) is 40.8 Å². The van der Waals surface area contributed by atoms with Crippen molar-refractivity contribution in [3.63, 3.8) is 0 Å². The second kappa shape index (κ2) is 10.0. The van der Waals surface area contributed by atoms with Crippen LogP contribution in [0.25, 0.3) is 17.1 Å². The molecule has 2 unspecified atom stereocenters. The molecule has 2 atom stereocenters. The molecule has 0 radical (unpaired) electrons. The van der Waals surface area contributed by atoms with E-state index < -0.39 is 6.36 Å². The molecule has 1 aromatic heterocycles. The lowest BCUT2D eigenvalue weighted by Gasteiger charge is -2.09. The van der Waals surface area contributed by atoms with Crippen LogP contribution in [0.2, 0.25) is 5.02 Å². The van der Waals surface area contributed by atoms with Gasteiger partial charge in [-0.25, -0.2) is 9.67 Å². The Morgan fingerprint density at radius 2 is 1.75 bits per heavy atom. The number of rotatable bonds is 8. The summed E-state index contributed by atoms with van der Waals surface area (Å²) in [4.78, 5) is 5.38. The van der Waals surface area contributed by atoms with E-state index in [1.807, 2.05) is 36.4 Å². The molecule has 36 heavy (non-hydrogen) atoms. The Kier molecular flexibility index (Phi) is 6.81. The van der Waals surface area contributed by atoms with Crippen LogP contribution in [0.1, 0.15) is 29.9 Å². The topological polar surface area (TPSA) is 39.9 Å². The smallest absolute Gasteiger partial charge is 0.406 e. The highest BCUT2D eigenvalue weighted by molar-refractivity contribution is 7.80. The minimum absolute atomic E-state index is 0.287. The molecule has 0 bridgehead atoms. The average Bonchev–Trinajstić information content (AvgIpc) is 3.42. The van der Waals surface area contributed by atoms with Crippen LogP contribution in [0, 0.1) is 5.92 Å². The normalized spacial score (nSPS) is 17.1. The predicted molar refractivity (Wildman–Crippen MR) is 137 cm³/mol. The summed E-state index contributed by atoms with van der Waals surface area (Å²) in [6, 6.07) is 21.5. The highest BCUT2D eigenvalue weighted by atomic mass is 35.5. The molecule has 1 heterocycles. The first-order chi connectivity index (χ1) is 17.2. The van der Waals surface area contributed by atoms with Crippen molar-refractivity contribution >= 4 is 28.7 Å². The summed E-state index contributed by atoms with van der Waals surface area (Å²) in [5, 5.41) is 5.22. The number of hydrogen-bond donors (Lipinski definition) is 0. The maximum atomic E-state index is 12.3. The van der Waals surface area contributed by atoms with Crippen molar-refractivity contribution in [2.75, 3.05) is 0 Å². The van der Waals surface area contributed by atoms with E-state index in [0.717, 1.165) is 40.3 Å². The SMILES string of the molecule is FC(F)(F)Oc1ccc(-n2cnc(-c3ccc(C4CC4CC(=S)Cc4ccccc4Cl)cc3)n2)cc1. The number of nitrogens with zero attached hydrogens (tertiary/aromatic N) is 3. The first-order valence-corrected chi connectivity index (χ1v) is 12.2. The van der Waals surface area contributed by atoms with E-state index in [0.29, 0.717) is 23.3 Å². The van der Waals surface area contributed by atoms with Gasteiger partial charge in [0.25, 0.3) is 0 Å². The predicted octanol–water partition coefficient (Wildman–Crippen LogP) is 7.59. The van der Waals surface area contributed by atoms with Crippen LogP contribution in [-0.2, 0) is 6.42 Å². The molecule has 0 N–H and O–H groups in total. The number of benzene rings is 3. The molecule has 0 spiro atoms. The summed E-state index contributed by atoms with van der Waals surface area (Å²) < 4.78 is 42.5. The van der Waals surface area contributed by atoms with Gasteiger partial charge in [0.05, 0.1) is 5.69 Å². The molecule has 3 aromatic carbocycles. The van der Waals surface area contributed by atoms with Gasteiger partial charge in [0.15, 0.2) is 5.82 Å². The van der Waals surface area contributed by atoms with Gasteiger partial charge in [-0.15, -0.1) is 18.3 Å². The molecule has 4 nitrogen and oxygen atoms in total. The molecule has 0 saturated heterocycles. The molecule has 9 heteroatoms. The minimum Gasteiger partial charge on any atom is -0.406 e. The highest BCUT2D eigenvalue weighted by Gasteiger charge is 2.38. The third kappa shape index (κ3) is 5.94. The van der Waals surface area contributed by atoms with Gasteiger partial charge in [0.2, 0.25) is 0 Å². The summed E-state index contributed by atoms with van der Waals surface area (Å²) in [6.45, 7) is 0. The Labute approximate surface area is 216 Å². The quantitative estimate of drug-likeness (QED) is 0.221. The Hall–Kier alpha value is -3.23. The summed E-state index contributed by atoms with van der Waals surface area (Å²) in [5.41, 5.74) is 3.78. The molecule has 1 aliphatic rings. The Bertz CT molecular complexity index is 1370. The van der Waals surface area contributed by atoms with Gasteiger partial charge in [0, 0.05) is 17.0 Å². The summed E-state index contributed by atoms with van der Waals surface area (Å²) in [5.74, 6) is 1.29. The third-order valence-corrected chi connectivity index (χ3v) is 6.86. The Morgan fingerprint density at radius 1 is 1.03 bits per heavy atom. The second-order valence-corrected chi connectivity index (χ2v) is 9.77. The van der Waals surface area contributed by atoms with Crippen molar-refractivity contribution in [2.24, 2.45) is 5.92 Å². The summed E-state index contributed by atoms with van der Waals surface area (Å²) in [7, 11) is 0. The lowest BCUT2D eigenvalue weighted by molar-refractivity contribution is -0.274. The number of ether oxygens (including phenoxy) is 1. The first-order valence-electron chi connectivity index (χ1n) is 11.4. The van der Waals surface area contributed by atoms with Gasteiger partial charge >= 0.3 is 6.36 Å². The molecular weight excluding hydrogens is 507 g/mol. The van der Waals surface area contributed by atoms with Crippen molar-refractivity contribution in [1.29, 1.82) is 0 Å². The fraction of sp³-hybridized carbons (Fsp3) is 0.222. The van der Waals surface area contributed by atoms with Crippen LogP contribution in [0.5, 0.6) is 5.75 Å². The van der Waals surface area contributed by atoms with Crippen molar-refractivity contribution in [3.8, 4) is 22.8 Å². The molecule has 1 saturated carbocycles. The second-order valence-electron chi connectivity index (χ2n) is 8.79. The average molecular weight is 528 g/mol. The Balaban J connectivity index is 1.18. The maximum absolute atomic E-state index is 12.3. The van der Waals surface area contributed by atoms with E-state index in [2.05, 4.69) is 27.0 Å². The maximum Gasteiger partial charge on any atom is 0.573 e. The van der Waals surface area contributed by atoms with E-state index in [4.69, 9.17) is 23.8 Å². The van der Waals surface area contributed by atoms with Crippen molar-refractivity contribution in [2.45, 2.75) is 31.5 Å². The van der Waals surface area contributed by atoms with Gasteiger partial charge in [-0.2, -0.15) is 0 Å². The fourth-order valence-electron chi connectivity index (χ4n) is 4.30. The Morgan fingerprint density at radius 3 is 2.44 bits per heavy atom. The first kappa shape index (κ1) is 24.5. The number of hydrogen-bond acceptors (Lipinski definition) is 4. The monoisotopic (exact) mass is 527 g/mol. The summed E-state index contributed by atoms with van der Waals surface area (Å²) in [6.07, 6.45) is -0.449. The van der Waals surface area contributed by atoms with E-state index in [9.17, 15) is 13.2 Å². The van der Waals surface area contributed by atoms with E-state index in [-0.39, 0.29) is 5.75 Å². The van der Waals surface area contributed by atoms with Crippen LogP contribution < -0.4 is 4.74 Å². The van der Waals surface area contributed by atoms with Gasteiger partial charge in [-0.05, 0) is 71.0 Å². The standard InChI is InChI=1S/C27H21ClF3N3OS/c28-25-4-2-1-3-19(25)13-23(36)14-20-15-24(20)17-5-7-18(8-6-17)26-32-16-34(33-26)21-9-11-22(12-10-21)35-27(29,30)31/h1-12,16,20,24H,13-15H2. The van der Waals surface area contributed by atoms with Crippen LogP contribution in [0.4, 0.5) is 13.2 Å². The number of aromatic nitrogens is 3. The lowest BCUT2D eigenvalue weighted by atomic mass is 10.0. The molecule has 0 amide bonds. The number of thiocarbonyl (C=S) groups is 1. The highest BCUT2D eigenvalue weighted by Crippen LogP contribution is 2.50. The number of halogens is 4. The minimum atomic E-state index is -4.73. The van der Waals surface area contributed by atoms with Crippen molar-refractivity contribution in [1.82, 2.24) is 14.8 Å². The third-order valence-electron chi connectivity index (χ3n) is 6.18. The van der Waals surface area contributed by atoms with Crippen LogP contribution in [0.3, 0.4) is 0 Å². The van der Waals surface area contributed by atoms with Gasteiger partial charge in [-0.1, -0.05) is 66.3 Å². The van der Waals surface area contributed by atoms with Crippen LogP contribution in [0.15, 0.2) is 79.1 Å². The van der Waals surface area contributed by atoms with Crippen LogP contribution in [-0.4, -0.2) is 26.0 Å². The largest absolute Gasteiger partial charge is 0.573 e. The number of alkyl halides is 3. The fourth-order valence-corrected chi connectivity index (χ4v) is 4.87. The zero-order chi connectivity index (χ0) is 25.3. The van der Waals surface area contributed by atoms with Crippen LogP contribution >= 0.6 is 23.8 Å². The van der Waals surface area contributed by atoms with Gasteiger partial charge < -0.3 is 4.74 Å². The molecule has 4 aromatic rings. The molecular formula is C27H21ClF3N3OS. The zero-order valence-corrected chi connectivity index (χ0v) is 20.5. The van der Waals surface area contributed by atoms with E-state index >= 15 is 0 Å². The van der Waals surface area contributed by atoms with Gasteiger partial charge in [-0.3, -0.25) is 0 Å². The molecule has 5 rings (SSSR count).